The Morgan fingerprint density at radius 3 is 2.27 bits per heavy atom. The molecule has 0 bridgehead atoms. The van der Waals surface area contributed by atoms with Crippen molar-refractivity contribution in [3.63, 3.8) is 0 Å². The molecule has 0 spiro atoms. The van der Waals surface area contributed by atoms with Crippen LogP contribution in [0.2, 0.25) is 0 Å². The van der Waals surface area contributed by atoms with Gasteiger partial charge < -0.3 is 10.6 Å². The molecule has 2 N–H and O–H groups in total. The smallest absolute Gasteiger partial charge is 0.226 e. The first-order chi connectivity index (χ1) is 14.5. The number of rotatable bonds is 5. The molecule has 0 aliphatic rings. The highest BCUT2D eigenvalue weighted by Gasteiger charge is 2.17. The van der Waals surface area contributed by atoms with E-state index < -0.39 is 6.04 Å². The van der Waals surface area contributed by atoms with Gasteiger partial charge in [-0.05, 0) is 48.0 Å². The minimum Gasteiger partial charge on any atom is -0.349 e. The quantitative estimate of drug-likeness (QED) is 0.523. The van der Waals surface area contributed by atoms with Gasteiger partial charge in [-0.25, -0.2) is 0 Å². The summed E-state index contributed by atoms with van der Waals surface area (Å²) in [7, 11) is 0. The SMILES string of the molecule is CC(=O)NC(CC(=O)Nc1cccc(C#Cc2ccccc2)c1)c1ccc(Br)cc1. The molecule has 3 rings (SSSR count). The number of nitrogens with one attached hydrogen (secondary N) is 2. The third-order valence-electron chi connectivity index (χ3n) is 4.31. The lowest BCUT2D eigenvalue weighted by Crippen LogP contribution is -2.29. The van der Waals surface area contributed by atoms with Crippen LogP contribution in [0.3, 0.4) is 0 Å². The molecular weight excluding hydrogens is 440 g/mol. The van der Waals surface area contributed by atoms with E-state index in [1.807, 2.05) is 78.9 Å². The van der Waals surface area contributed by atoms with Crippen LogP contribution in [0, 0.1) is 11.8 Å². The van der Waals surface area contributed by atoms with Gasteiger partial charge in [-0.1, -0.05) is 64.2 Å². The fourth-order valence-corrected chi connectivity index (χ4v) is 3.19. The zero-order valence-electron chi connectivity index (χ0n) is 16.5. The molecule has 1 unspecified atom stereocenters. The molecule has 0 radical (unpaired) electrons. The maximum atomic E-state index is 12.6. The molecule has 4 nitrogen and oxygen atoms in total. The molecule has 0 saturated heterocycles. The number of amides is 2. The van der Waals surface area contributed by atoms with Crippen LogP contribution < -0.4 is 10.6 Å². The molecule has 30 heavy (non-hydrogen) atoms. The Hall–Kier alpha value is -3.36. The summed E-state index contributed by atoms with van der Waals surface area (Å²) in [5, 5.41) is 5.74. The van der Waals surface area contributed by atoms with Crippen LogP contribution in [0.1, 0.15) is 36.1 Å². The monoisotopic (exact) mass is 460 g/mol. The number of benzene rings is 3. The summed E-state index contributed by atoms with van der Waals surface area (Å²) < 4.78 is 0.936. The lowest BCUT2D eigenvalue weighted by Gasteiger charge is -2.18. The van der Waals surface area contributed by atoms with Crippen molar-refractivity contribution >= 4 is 33.4 Å². The lowest BCUT2D eigenvalue weighted by molar-refractivity contribution is -0.120. The Labute approximate surface area is 184 Å². The van der Waals surface area contributed by atoms with E-state index in [2.05, 4.69) is 38.4 Å². The number of halogens is 1. The van der Waals surface area contributed by atoms with E-state index in [1.54, 1.807) is 0 Å². The first kappa shape index (κ1) is 21.4. The summed E-state index contributed by atoms with van der Waals surface area (Å²) >= 11 is 3.40. The predicted molar refractivity (Wildman–Crippen MR) is 123 cm³/mol. The molecule has 0 aliphatic heterocycles. The van der Waals surface area contributed by atoms with E-state index in [4.69, 9.17) is 0 Å². The maximum absolute atomic E-state index is 12.6. The first-order valence-electron chi connectivity index (χ1n) is 9.49. The van der Waals surface area contributed by atoms with Gasteiger partial charge in [0.05, 0.1) is 12.5 Å². The Kier molecular flexibility index (Phi) is 7.42. The zero-order valence-corrected chi connectivity index (χ0v) is 18.1. The van der Waals surface area contributed by atoms with E-state index in [1.165, 1.54) is 6.92 Å². The summed E-state index contributed by atoms with van der Waals surface area (Å²) in [5.74, 6) is 5.84. The molecule has 2 amide bonds. The summed E-state index contributed by atoms with van der Waals surface area (Å²) in [4.78, 5) is 24.2. The lowest BCUT2D eigenvalue weighted by atomic mass is 10.0. The van der Waals surface area contributed by atoms with Gasteiger partial charge in [0.15, 0.2) is 0 Å². The van der Waals surface area contributed by atoms with Crippen molar-refractivity contribution in [3.8, 4) is 11.8 Å². The number of anilines is 1. The van der Waals surface area contributed by atoms with Crippen molar-refractivity contribution in [3.05, 3.63) is 100 Å². The van der Waals surface area contributed by atoms with Crippen molar-refractivity contribution in [1.82, 2.24) is 5.32 Å². The van der Waals surface area contributed by atoms with Crippen molar-refractivity contribution in [1.29, 1.82) is 0 Å². The Morgan fingerprint density at radius 2 is 1.57 bits per heavy atom. The molecule has 0 saturated carbocycles. The van der Waals surface area contributed by atoms with E-state index in [0.29, 0.717) is 5.69 Å². The Morgan fingerprint density at radius 1 is 0.900 bits per heavy atom. The van der Waals surface area contributed by atoms with Crippen LogP contribution in [-0.4, -0.2) is 11.8 Å². The molecule has 0 aliphatic carbocycles. The standard InChI is InChI=1S/C25H21BrN2O2/c1-18(29)27-24(21-12-14-22(26)15-13-21)17-25(30)28-23-9-5-8-20(16-23)11-10-19-6-3-2-4-7-19/h2-9,12-16,24H,17H2,1H3,(H,27,29)(H,28,30). The van der Waals surface area contributed by atoms with Gasteiger partial charge >= 0.3 is 0 Å². The average molecular weight is 461 g/mol. The molecule has 1 atom stereocenters. The summed E-state index contributed by atoms with van der Waals surface area (Å²) in [6.45, 7) is 1.44. The van der Waals surface area contributed by atoms with Gasteiger partial charge in [0.25, 0.3) is 0 Å². The second-order valence-corrected chi connectivity index (χ2v) is 7.67. The maximum Gasteiger partial charge on any atom is 0.226 e. The molecule has 3 aromatic carbocycles. The van der Waals surface area contributed by atoms with Crippen molar-refractivity contribution in [2.75, 3.05) is 5.32 Å². The first-order valence-corrected chi connectivity index (χ1v) is 10.3. The third-order valence-corrected chi connectivity index (χ3v) is 4.84. The van der Waals surface area contributed by atoms with E-state index in [9.17, 15) is 9.59 Å². The number of carbonyl (C=O) groups is 2. The molecule has 0 fully saturated rings. The minimum absolute atomic E-state index is 0.126. The van der Waals surface area contributed by atoms with Gasteiger partial charge in [0, 0.05) is 28.2 Å². The van der Waals surface area contributed by atoms with E-state index >= 15 is 0 Å². The second kappa shape index (κ2) is 10.4. The van der Waals surface area contributed by atoms with Gasteiger partial charge in [-0.3, -0.25) is 9.59 Å². The van der Waals surface area contributed by atoms with Gasteiger partial charge in [0.1, 0.15) is 0 Å². The highest BCUT2D eigenvalue weighted by atomic mass is 79.9. The summed E-state index contributed by atoms with van der Waals surface area (Å²) in [5.41, 5.74) is 3.27. The fourth-order valence-electron chi connectivity index (χ4n) is 2.93. The van der Waals surface area contributed by atoms with Crippen molar-refractivity contribution < 1.29 is 9.59 Å². The Balaban J connectivity index is 1.69. The van der Waals surface area contributed by atoms with E-state index in [-0.39, 0.29) is 18.2 Å². The molecule has 0 heterocycles. The topological polar surface area (TPSA) is 58.2 Å². The molecule has 0 aromatic heterocycles. The van der Waals surface area contributed by atoms with Crippen LogP contribution in [-0.2, 0) is 9.59 Å². The van der Waals surface area contributed by atoms with Crippen LogP contribution >= 0.6 is 15.9 Å². The van der Waals surface area contributed by atoms with Gasteiger partial charge in [-0.15, -0.1) is 0 Å². The summed E-state index contributed by atoms with van der Waals surface area (Å²) in [6.07, 6.45) is 0.126. The molecule has 3 aromatic rings. The van der Waals surface area contributed by atoms with Crippen LogP contribution in [0.5, 0.6) is 0 Å². The molecular formula is C25H21BrN2O2. The van der Waals surface area contributed by atoms with Crippen molar-refractivity contribution in [2.45, 2.75) is 19.4 Å². The predicted octanol–water partition coefficient (Wildman–Crippen LogP) is 5.05. The normalized spacial score (nSPS) is 11.0. The highest BCUT2D eigenvalue weighted by molar-refractivity contribution is 9.10. The number of carbonyl (C=O) groups excluding carboxylic acids is 2. The molecule has 150 valence electrons. The highest BCUT2D eigenvalue weighted by Crippen LogP contribution is 2.21. The average Bonchev–Trinajstić information content (AvgIpc) is 2.73. The van der Waals surface area contributed by atoms with Crippen LogP contribution in [0.15, 0.2) is 83.3 Å². The van der Waals surface area contributed by atoms with E-state index in [0.717, 1.165) is 21.2 Å². The Bertz CT molecular complexity index is 1080. The summed E-state index contributed by atoms with van der Waals surface area (Å²) in [6, 6.07) is 24.3. The largest absolute Gasteiger partial charge is 0.349 e. The molecule has 5 heteroatoms. The zero-order chi connectivity index (χ0) is 21.3. The fraction of sp³-hybridized carbons (Fsp3) is 0.120. The van der Waals surface area contributed by atoms with Crippen LogP contribution in [0.4, 0.5) is 5.69 Å². The van der Waals surface area contributed by atoms with Gasteiger partial charge in [-0.2, -0.15) is 0 Å². The van der Waals surface area contributed by atoms with Gasteiger partial charge in [0.2, 0.25) is 11.8 Å². The second-order valence-electron chi connectivity index (χ2n) is 6.75. The number of hydrogen-bond acceptors (Lipinski definition) is 2. The van der Waals surface area contributed by atoms with Crippen molar-refractivity contribution in [2.24, 2.45) is 0 Å². The number of hydrogen-bond donors (Lipinski definition) is 2. The third kappa shape index (κ3) is 6.61. The van der Waals surface area contributed by atoms with Crippen LogP contribution in [0.25, 0.3) is 0 Å². The minimum atomic E-state index is -0.406.